The Labute approximate surface area is 78.3 Å². The predicted molar refractivity (Wildman–Crippen MR) is 51.9 cm³/mol. The monoisotopic (exact) mass is 184 g/mol. The maximum absolute atomic E-state index is 6.06. The van der Waals surface area contributed by atoms with Crippen LogP contribution in [0.5, 0.6) is 5.75 Å². The van der Waals surface area contributed by atoms with Crippen molar-refractivity contribution >= 4 is 11.6 Å². The van der Waals surface area contributed by atoms with Crippen molar-refractivity contribution in [2.45, 2.75) is 18.7 Å². The molecule has 0 aliphatic heterocycles. The van der Waals surface area contributed by atoms with Gasteiger partial charge in [-0.15, -0.1) is 11.6 Å². The molecular formula is C10H13ClO. The van der Waals surface area contributed by atoms with Gasteiger partial charge in [0.1, 0.15) is 5.75 Å². The summed E-state index contributed by atoms with van der Waals surface area (Å²) in [7, 11) is 1.66. The molecule has 1 unspecified atom stereocenters. The van der Waals surface area contributed by atoms with Gasteiger partial charge in [-0.1, -0.05) is 19.1 Å². The molecule has 1 rings (SSSR count). The summed E-state index contributed by atoms with van der Waals surface area (Å²) in [5.41, 5.74) is 1.12. The fourth-order valence-electron chi connectivity index (χ4n) is 1.07. The van der Waals surface area contributed by atoms with Crippen molar-refractivity contribution in [3.63, 3.8) is 0 Å². The van der Waals surface area contributed by atoms with Gasteiger partial charge in [0.25, 0.3) is 0 Å². The van der Waals surface area contributed by atoms with Crippen molar-refractivity contribution in [2.75, 3.05) is 7.11 Å². The van der Waals surface area contributed by atoms with Crippen molar-refractivity contribution in [3.8, 4) is 5.75 Å². The average molecular weight is 185 g/mol. The molecule has 12 heavy (non-hydrogen) atoms. The molecule has 0 saturated heterocycles. The van der Waals surface area contributed by atoms with Crippen LogP contribution in [0.2, 0.25) is 0 Å². The molecule has 0 radical (unpaired) electrons. The number of hydrogen-bond acceptors (Lipinski definition) is 1. The van der Waals surface area contributed by atoms with E-state index in [0.717, 1.165) is 17.7 Å². The number of rotatable bonds is 3. The second-order valence-corrected chi connectivity index (χ2v) is 3.18. The van der Waals surface area contributed by atoms with Crippen molar-refractivity contribution < 1.29 is 4.74 Å². The third kappa shape index (κ3) is 2.15. The third-order valence-corrected chi connectivity index (χ3v) is 2.37. The van der Waals surface area contributed by atoms with Crippen LogP contribution < -0.4 is 4.74 Å². The zero-order valence-electron chi connectivity index (χ0n) is 7.38. The zero-order chi connectivity index (χ0) is 8.97. The molecule has 0 spiro atoms. The van der Waals surface area contributed by atoms with Gasteiger partial charge in [0.15, 0.2) is 0 Å². The van der Waals surface area contributed by atoms with Gasteiger partial charge in [-0.05, 0) is 24.1 Å². The highest BCUT2D eigenvalue weighted by Gasteiger charge is 2.04. The van der Waals surface area contributed by atoms with Crippen molar-refractivity contribution in [1.82, 2.24) is 0 Å². The lowest BCUT2D eigenvalue weighted by Crippen LogP contribution is -1.89. The predicted octanol–water partition coefficient (Wildman–Crippen LogP) is 3.39. The molecule has 1 aromatic carbocycles. The lowest BCUT2D eigenvalue weighted by atomic mass is 10.1. The highest BCUT2D eigenvalue weighted by Crippen LogP contribution is 2.26. The first-order valence-electron chi connectivity index (χ1n) is 4.06. The van der Waals surface area contributed by atoms with E-state index >= 15 is 0 Å². The van der Waals surface area contributed by atoms with E-state index in [-0.39, 0.29) is 5.38 Å². The Morgan fingerprint density at radius 1 is 1.50 bits per heavy atom. The van der Waals surface area contributed by atoms with E-state index in [9.17, 15) is 0 Å². The summed E-state index contributed by atoms with van der Waals surface area (Å²) < 4.78 is 5.09. The second kappa shape index (κ2) is 4.36. The smallest absolute Gasteiger partial charge is 0.119 e. The van der Waals surface area contributed by atoms with Crippen LogP contribution in [0.3, 0.4) is 0 Å². The fraction of sp³-hybridized carbons (Fsp3) is 0.400. The summed E-state index contributed by atoms with van der Waals surface area (Å²) in [5.74, 6) is 0.867. The van der Waals surface area contributed by atoms with Gasteiger partial charge in [0.2, 0.25) is 0 Å². The largest absolute Gasteiger partial charge is 0.497 e. The van der Waals surface area contributed by atoms with Crippen LogP contribution in [0.15, 0.2) is 24.3 Å². The number of benzene rings is 1. The molecule has 0 saturated carbocycles. The standard InChI is InChI=1S/C10H13ClO/c1-3-10(11)8-5-4-6-9(7-8)12-2/h4-7,10H,3H2,1-2H3. The van der Waals surface area contributed by atoms with E-state index in [0.29, 0.717) is 0 Å². The molecule has 1 nitrogen and oxygen atoms in total. The molecule has 0 amide bonds. The Hall–Kier alpha value is -0.690. The van der Waals surface area contributed by atoms with Crippen LogP contribution in [-0.2, 0) is 0 Å². The fourth-order valence-corrected chi connectivity index (χ4v) is 1.21. The SMILES string of the molecule is CCC(Cl)c1cccc(OC)c1. The quantitative estimate of drug-likeness (QED) is 0.655. The molecule has 0 aromatic heterocycles. The van der Waals surface area contributed by atoms with E-state index in [4.69, 9.17) is 16.3 Å². The maximum atomic E-state index is 6.06. The van der Waals surface area contributed by atoms with Crippen molar-refractivity contribution in [2.24, 2.45) is 0 Å². The first-order chi connectivity index (χ1) is 5.77. The van der Waals surface area contributed by atoms with Crippen LogP contribution in [-0.4, -0.2) is 7.11 Å². The van der Waals surface area contributed by atoms with Gasteiger partial charge >= 0.3 is 0 Å². The van der Waals surface area contributed by atoms with Crippen LogP contribution in [0.25, 0.3) is 0 Å². The Bertz CT molecular complexity index is 247. The summed E-state index contributed by atoms with van der Waals surface area (Å²) >= 11 is 6.06. The summed E-state index contributed by atoms with van der Waals surface area (Å²) in [4.78, 5) is 0. The molecule has 66 valence electrons. The number of halogens is 1. The second-order valence-electron chi connectivity index (χ2n) is 2.65. The molecule has 1 aromatic rings. The summed E-state index contributed by atoms with van der Waals surface area (Å²) in [6.07, 6.45) is 0.939. The van der Waals surface area contributed by atoms with Crippen LogP contribution in [0, 0.1) is 0 Å². The first kappa shape index (κ1) is 9.40. The Morgan fingerprint density at radius 2 is 2.25 bits per heavy atom. The topological polar surface area (TPSA) is 9.23 Å². The molecule has 0 heterocycles. The van der Waals surface area contributed by atoms with Gasteiger partial charge in [-0.25, -0.2) is 0 Å². The maximum Gasteiger partial charge on any atom is 0.119 e. The van der Waals surface area contributed by atoms with Crippen LogP contribution in [0.4, 0.5) is 0 Å². The lowest BCUT2D eigenvalue weighted by molar-refractivity contribution is 0.414. The van der Waals surface area contributed by atoms with Gasteiger partial charge < -0.3 is 4.74 Å². The van der Waals surface area contributed by atoms with Crippen LogP contribution >= 0.6 is 11.6 Å². The van der Waals surface area contributed by atoms with Crippen molar-refractivity contribution in [3.05, 3.63) is 29.8 Å². The summed E-state index contributed by atoms with van der Waals surface area (Å²) in [6, 6.07) is 7.87. The lowest BCUT2D eigenvalue weighted by Gasteiger charge is -2.07. The zero-order valence-corrected chi connectivity index (χ0v) is 8.14. The molecule has 0 aliphatic carbocycles. The van der Waals surface area contributed by atoms with E-state index < -0.39 is 0 Å². The minimum absolute atomic E-state index is 0.0973. The average Bonchev–Trinajstić information content (AvgIpc) is 2.17. The Morgan fingerprint density at radius 3 is 2.83 bits per heavy atom. The van der Waals surface area contributed by atoms with E-state index in [1.807, 2.05) is 24.3 Å². The van der Waals surface area contributed by atoms with Gasteiger partial charge in [0, 0.05) is 0 Å². The Kier molecular flexibility index (Phi) is 3.42. The van der Waals surface area contributed by atoms with Crippen molar-refractivity contribution in [1.29, 1.82) is 0 Å². The third-order valence-electron chi connectivity index (χ3n) is 1.81. The normalized spacial score (nSPS) is 12.6. The molecule has 0 N–H and O–H groups in total. The minimum Gasteiger partial charge on any atom is -0.497 e. The van der Waals surface area contributed by atoms with Gasteiger partial charge in [-0.2, -0.15) is 0 Å². The highest BCUT2D eigenvalue weighted by atomic mass is 35.5. The van der Waals surface area contributed by atoms with E-state index in [1.165, 1.54) is 0 Å². The van der Waals surface area contributed by atoms with Gasteiger partial charge in [-0.3, -0.25) is 0 Å². The number of hydrogen-bond donors (Lipinski definition) is 0. The molecule has 0 aliphatic rings. The summed E-state index contributed by atoms with van der Waals surface area (Å²) in [5, 5.41) is 0.0973. The Balaban J connectivity index is 2.86. The highest BCUT2D eigenvalue weighted by molar-refractivity contribution is 6.20. The van der Waals surface area contributed by atoms with Gasteiger partial charge in [0.05, 0.1) is 12.5 Å². The van der Waals surface area contributed by atoms with E-state index in [2.05, 4.69) is 6.92 Å². The molecule has 2 heteroatoms. The molecule has 1 atom stereocenters. The summed E-state index contributed by atoms with van der Waals surface area (Å²) in [6.45, 7) is 2.07. The molecule has 0 fully saturated rings. The number of ether oxygens (including phenoxy) is 1. The number of methoxy groups -OCH3 is 1. The minimum atomic E-state index is 0.0973. The molecular weight excluding hydrogens is 172 g/mol. The van der Waals surface area contributed by atoms with Crippen LogP contribution in [0.1, 0.15) is 24.3 Å². The first-order valence-corrected chi connectivity index (χ1v) is 4.49. The molecule has 0 bridgehead atoms. The van der Waals surface area contributed by atoms with E-state index in [1.54, 1.807) is 7.11 Å². The number of alkyl halides is 1.